The quantitative estimate of drug-likeness (QED) is 0.761. The van der Waals surface area contributed by atoms with Crippen LogP contribution in [0.25, 0.3) is 22.3 Å². The van der Waals surface area contributed by atoms with E-state index in [1.165, 1.54) is 5.69 Å². The van der Waals surface area contributed by atoms with Gasteiger partial charge < -0.3 is 20.5 Å². The number of rotatable bonds is 3. The first-order valence-corrected chi connectivity index (χ1v) is 8.60. The number of nitrogens with one attached hydrogen (secondary N) is 1. The van der Waals surface area contributed by atoms with Crippen LogP contribution in [0.4, 0.5) is 11.6 Å². The molecule has 7 nitrogen and oxygen atoms in total. The van der Waals surface area contributed by atoms with E-state index in [0.717, 1.165) is 48.2 Å². The van der Waals surface area contributed by atoms with Gasteiger partial charge in [-0.1, -0.05) is 0 Å². The molecule has 0 aliphatic carbocycles. The van der Waals surface area contributed by atoms with Gasteiger partial charge in [-0.15, -0.1) is 0 Å². The van der Waals surface area contributed by atoms with Crippen molar-refractivity contribution in [2.24, 2.45) is 0 Å². The van der Waals surface area contributed by atoms with Crippen LogP contribution >= 0.6 is 0 Å². The van der Waals surface area contributed by atoms with Gasteiger partial charge in [-0.25, -0.2) is 15.0 Å². The summed E-state index contributed by atoms with van der Waals surface area (Å²) in [6.07, 6.45) is 7.84. The highest BCUT2D eigenvalue weighted by molar-refractivity contribution is 6.02. The minimum Gasteiger partial charge on any atom is -0.371 e. The number of aromatic amines is 1. The maximum absolute atomic E-state index is 5.77. The Morgan fingerprint density at radius 2 is 1.92 bits per heavy atom. The molecule has 0 amide bonds. The second-order valence-corrected chi connectivity index (χ2v) is 6.74. The number of hydrogen-bond acceptors (Lipinski definition) is 6. The second-order valence-electron chi connectivity index (χ2n) is 6.74. The number of pyridine rings is 1. The molecule has 1 fully saturated rings. The molecule has 4 heterocycles. The van der Waals surface area contributed by atoms with Gasteiger partial charge >= 0.3 is 0 Å². The average molecular weight is 337 g/mol. The van der Waals surface area contributed by atoms with Crippen molar-refractivity contribution in [3.63, 3.8) is 0 Å². The van der Waals surface area contributed by atoms with E-state index in [0.29, 0.717) is 6.04 Å². The lowest BCUT2D eigenvalue weighted by atomic mass is 10.0. The molecule has 3 aromatic rings. The summed E-state index contributed by atoms with van der Waals surface area (Å²) in [5.41, 5.74) is 9.68. The lowest BCUT2D eigenvalue weighted by molar-refractivity contribution is 0.250. The Morgan fingerprint density at radius 3 is 2.64 bits per heavy atom. The SMILES string of the molecule is CN(C)C1CCN(c2ccnc3[nH]cc(-c4ccnc(N)n4)c23)CC1. The maximum atomic E-state index is 5.77. The third-order valence-corrected chi connectivity index (χ3v) is 5.04. The van der Waals surface area contributed by atoms with E-state index >= 15 is 0 Å². The molecule has 0 unspecified atom stereocenters. The number of H-pyrrole nitrogens is 1. The van der Waals surface area contributed by atoms with Crippen LogP contribution in [0.3, 0.4) is 0 Å². The van der Waals surface area contributed by atoms with Crippen molar-refractivity contribution in [1.82, 2.24) is 24.8 Å². The number of anilines is 2. The normalized spacial score (nSPS) is 16.0. The highest BCUT2D eigenvalue weighted by Gasteiger charge is 2.23. The van der Waals surface area contributed by atoms with Crippen molar-refractivity contribution in [2.45, 2.75) is 18.9 Å². The molecule has 3 N–H and O–H groups in total. The minimum absolute atomic E-state index is 0.282. The lowest BCUT2D eigenvalue weighted by Crippen LogP contribution is -2.42. The molecule has 3 aromatic heterocycles. The Morgan fingerprint density at radius 1 is 1.16 bits per heavy atom. The third kappa shape index (κ3) is 2.91. The predicted octanol–water partition coefficient (Wildman–Crippen LogP) is 2.13. The van der Waals surface area contributed by atoms with Crippen LogP contribution in [0.1, 0.15) is 12.8 Å². The monoisotopic (exact) mass is 337 g/mol. The molecule has 0 radical (unpaired) electrons. The van der Waals surface area contributed by atoms with Gasteiger partial charge in [0.05, 0.1) is 11.1 Å². The molecule has 1 aliphatic rings. The first kappa shape index (κ1) is 15.8. The fourth-order valence-electron chi connectivity index (χ4n) is 3.65. The van der Waals surface area contributed by atoms with Gasteiger partial charge in [-0.05, 0) is 39.1 Å². The topological polar surface area (TPSA) is 87.0 Å². The van der Waals surface area contributed by atoms with E-state index in [-0.39, 0.29) is 5.95 Å². The van der Waals surface area contributed by atoms with Crippen LogP contribution in [0.15, 0.2) is 30.7 Å². The van der Waals surface area contributed by atoms with Crippen molar-refractivity contribution >= 4 is 22.7 Å². The lowest BCUT2D eigenvalue weighted by Gasteiger charge is -2.36. The van der Waals surface area contributed by atoms with Gasteiger partial charge in [0.15, 0.2) is 0 Å². The fourth-order valence-corrected chi connectivity index (χ4v) is 3.65. The van der Waals surface area contributed by atoms with Crippen LogP contribution in [-0.2, 0) is 0 Å². The molecule has 0 bridgehead atoms. The summed E-state index contributed by atoms with van der Waals surface area (Å²) in [6, 6.07) is 4.63. The van der Waals surface area contributed by atoms with Crippen molar-refractivity contribution in [3.05, 3.63) is 30.7 Å². The number of piperidine rings is 1. The molecule has 0 spiro atoms. The molecule has 0 saturated carbocycles. The summed E-state index contributed by atoms with van der Waals surface area (Å²) in [5.74, 6) is 0.282. The summed E-state index contributed by atoms with van der Waals surface area (Å²) in [4.78, 5) is 20.9. The predicted molar refractivity (Wildman–Crippen MR) is 100 cm³/mol. The summed E-state index contributed by atoms with van der Waals surface area (Å²) in [6.45, 7) is 2.08. The van der Waals surface area contributed by atoms with E-state index in [1.807, 2.05) is 18.5 Å². The Balaban J connectivity index is 1.74. The first-order chi connectivity index (χ1) is 12.1. The number of nitrogen functional groups attached to an aromatic ring is 1. The molecule has 7 heteroatoms. The van der Waals surface area contributed by atoms with Crippen LogP contribution in [-0.4, -0.2) is 58.1 Å². The van der Waals surface area contributed by atoms with Gasteiger partial charge in [-0.2, -0.15) is 0 Å². The first-order valence-electron chi connectivity index (χ1n) is 8.60. The average Bonchev–Trinajstić information content (AvgIpc) is 3.06. The summed E-state index contributed by atoms with van der Waals surface area (Å²) in [5, 5.41) is 1.10. The third-order valence-electron chi connectivity index (χ3n) is 5.04. The highest BCUT2D eigenvalue weighted by Crippen LogP contribution is 2.35. The molecule has 4 rings (SSSR count). The van der Waals surface area contributed by atoms with Crippen molar-refractivity contribution in [2.75, 3.05) is 37.8 Å². The van der Waals surface area contributed by atoms with Crippen molar-refractivity contribution < 1.29 is 0 Å². The van der Waals surface area contributed by atoms with E-state index in [4.69, 9.17) is 5.73 Å². The molecular formula is C18H23N7. The second kappa shape index (κ2) is 6.33. The molecule has 0 atom stereocenters. The van der Waals surface area contributed by atoms with E-state index in [1.54, 1.807) is 6.20 Å². The van der Waals surface area contributed by atoms with E-state index < -0.39 is 0 Å². The van der Waals surface area contributed by atoms with Gasteiger partial charge in [0.25, 0.3) is 0 Å². The largest absolute Gasteiger partial charge is 0.371 e. The summed E-state index contributed by atoms with van der Waals surface area (Å²) >= 11 is 0. The van der Waals surface area contributed by atoms with E-state index in [2.05, 4.69) is 49.9 Å². The molecule has 130 valence electrons. The number of fused-ring (bicyclic) bond motifs is 1. The Kier molecular flexibility index (Phi) is 4.01. The highest BCUT2D eigenvalue weighted by atomic mass is 15.2. The molecule has 25 heavy (non-hydrogen) atoms. The number of nitrogens with two attached hydrogens (primary N) is 1. The zero-order chi connectivity index (χ0) is 17.4. The minimum atomic E-state index is 0.282. The molecular weight excluding hydrogens is 314 g/mol. The number of aromatic nitrogens is 4. The molecule has 1 aliphatic heterocycles. The Hall–Kier alpha value is -2.67. The van der Waals surface area contributed by atoms with Crippen LogP contribution < -0.4 is 10.6 Å². The number of hydrogen-bond donors (Lipinski definition) is 2. The Bertz CT molecular complexity index is 878. The van der Waals surface area contributed by atoms with Crippen molar-refractivity contribution in [3.8, 4) is 11.3 Å². The summed E-state index contributed by atoms with van der Waals surface area (Å²) < 4.78 is 0. The number of nitrogens with zero attached hydrogens (tertiary/aromatic N) is 5. The fraction of sp³-hybridized carbons (Fsp3) is 0.389. The van der Waals surface area contributed by atoms with Gasteiger partial charge in [0, 0.05) is 49.0 Å². The molecule has 1 saturated heterocycles. The van der Waals surface area contributed by atoms with E-state index in [9.17, 15) is 0 Å². The summed E-state index contributed by atoms with van der Waals surface area (Å²) in [7, 11) is 4.32. The standard InChI is InChI=1S/C18H23N7/c1-24(2)12-5-9-25(10-6-12)15-4-8-20-17-16(15)13(11-22-17)14-3-7-21-18(19)23-14/h3-4,7-8,11-12H,5-6,9-10H2,1-2H3,(H,20,22)(H2,19,21,23). The van der Waals surface area contributed by atoms with Gasteiger partial charge in [0.1, 0.15) is 5.65 Å². The van der Waals surface area contributed by atoms with Crippen molar-refractivity contribution in [1.29, 1.82) is 0 Å². The van der Waals surface area contributed by atoms with Gasteiger partial charge in [-0.3, -0.25) is 0 Å². The van der Waals surface area contributed by atoms with Crippen LogP contribution in [0.2, 0.25) is 0 Å². The van der Waals surface area contributed by atoms with Crippen LogP contribution in [0, 0.1) is 0 Å². The Labute approximate surface area is 146 Å². The molecule has 0 aromatic carbocycles. The smallest absolute Gasteiger partial charge is 0.220 e. The maximum Gasteiger partial charge on any atom is 0.220 e. The van der Waals surface area contributed by atoms with Gasteiger partial charge in [0.2, 0.25) is 5.95 Å². The zero-order valence-corrected chi connectivity index (χ0v) is 14.6. The zero-order valence-electron chi connectivity index (χ0n) is 14.6. The van der Waals surface area contributed by atoms with Crippen LogP contribution in [0.5, 0.6) is 0 Å².